The molecule has 1 aromatic heterocycles. The van der Waals surface area contributed by atoms with Crippen molar-refractivity contribution in [2.45, 2.75) is 0 Å². The summed E-state index contributed by atoms with van der Waals surface area (Å²) in [5.41, 5.74) is 9.39. The molecule has 1 aromatic carbocycles. The van der Waals surface area contributed by atoms with Crippen LogP contribution in [0, 0.1) is 11.3 Å². The Kier molecular flexibility index (Phi) is 2.61. The molecule has 0 atom stereocenters. The van der Waals surface area contributed by atoms with Crippen LogP contribution in [-0.4, -0.2) is 4.98 Å². The highest BCUT2D eigenvalue weighted by molar-refractivity contribution is 6.31. The quantitative estimate of drug-likeness (QED) is 0.323. The van der Waals surface area contributed by atoms with Gasteiger partial charge < -0.3 is 0 Å². The van der Waals surface area contributed by atoms with Crippen LogP contribution >= 0.6 is 11.6 Å². The van der Waals surface area contributed by atoms with E-state index < -0.39 is 0 Å². The van der Waals surface area contributed by atoms with Gasteiger partial charge in [-0.2, -0.15) is 5.26 Å². The van der Waals surface area contributed by atoms with Gasteiger partial charge in [-0.3, -0.25) is 0 Å². The van der Waals surface area contributed by atoms with Crippen LogP contribution in [0.3, 0.4) is 0 Å². The number of aromatic nitrogens is 1. The summed E-state index contributed by atoms with van der Waals surface area (Å²) in [6.07, 6.45) is 0. The Balaban J connectivity index is 2.99. The van der Waals surface area contributed by atoms with Gasteiger partial charge in [-0.25, -0.2) is 4.98 Å². The van der Waals surface area contributed by atoms with Gasteiger partial charge in [-0.1, -0.05) is 34.9 Å². The summed E-state index contributed by atoms with van der Waals surface area (Å²) in [4.78, 5) is 6.74. The Hall–Kier alpha value is -2.28. The Bertz CT molecular complexity index is 652. The summed E-state index contributed by atoms with van der Waals surface area (Å²) in [6.45, 7) is 0. The normalized spacial score (nSPS) is 9.50. The van der Waals surface area contributed by atoms with Crippen LogP contribution in [0.2, 0.25) is 5.15 Å². The van der Waals surface area contributed by atoms with Gasteiger partial charge in [0.1, 0.15) is 11.2 Å². The first-order valence-corrected chi connectivity index (χ1v) is 4.69. The van der Waals surface area contributed by atoms with E-state index in [0.717, 1.165) is 0 Å². The first kappa shape index (κ1) is 10.2. The Morgan fingerprint density at radius 1 is 1.44 bits per heavy atom. The second-order valence-electron chi connectivity index (χ2n) is 2.94. The molecule has 0 fully saturated rings. The number of azide groups is 1. The standard InChI is InChI=1S/C10H4ClN5/c11-10-7(5-12)9(15-16-13)6-3-1-2-4-8(6)14-10/h1-4H. The molecule has 0 saturated carbocycles. The van der Waals surface area contributed by atoms with Gasteiger partial charge in [0, 0.05) is 10.3 Å². The minimum Gasteiger partial charge on any atom is -0.235 e. The van der Waals surface area contributed by atoms with Crippen LogP contribution in [0.25, 0.3) is 21.3 Å². The average Bonchev–Trinajstić information content (AvgIpc) is 2.29. The zero-order valence-corrected chi connectivity index (χ0v) is 8.68. The number of pyridine rings is 1. The molecule has 0 saturated heterocycles. The van der Waals surface area contributed by atoms with E-state index in [2.05, 4.69) is 15.0 Å². The van der Waals surface area contributed by atoms with Crippen molar-refractivity contribution in [3.63, 3.8) is 0 Å². The first-order chi connectivity index (χ1) is 7.77. The van der Waals surface area contributed by atoms with Crippen molar-refractivity contribution in [1.82, 2.24) is 4.98 Å². The third kappa shape index (κ3) is 1.52. The predicted octanol–water partition coefficient (Wildman–Crippen LogP) is 3.70. The maximum absolute atomic E-state index is 8.93. The number of hydrogen-bond acceptors (Lipinski definition) is 3. The Morgan fingerprint density at radius 3 is 2.88 bits per heavy atom. The summed E-state index contributed by atoms with van der Waals surface area (Å²) >= 11 is 5.83. The summed E-state index contributed by atoms with van der Waals surface area (Å²) in [6, 6.07) is 8.90. The average molecular weight is 230 g/mol. The number of nitrogens with zero attached hydrogens (tertiary/aromatic N) is 5. The van der Waals surface area contributed by atoms with Crippen LogP contribution in [0.4, 0.5) is 5.69 Å². The minimum atomic E-state index is 0.0450. The van der Waals surface area contributed by atoms with Crippen LogP contribution in [0.15, 0.2) is 29.4 Å². The number of hydrogen-bond donors (Lipinski definition) is 0. The van der Waals surface area contributed by atoms with Gasteiger partial charge in [-0.15, -0.1) is 0 Å². The lowest BCUT2D eigenvalue weighted by atomic mass is 10.1. The highest BCUT2D eigenvalue weighted by atomic mass is 35.5. The molecule has 0 radical (unpaired) electrons. The number of nitriles is 1. The molecule has 0 amide bonds. The van der Waals surface area contributed by atoms with E-state index in [9.17, 15) is 0 Å². The van der Waals surface area contributed by atoms with Crippen molar-refractivity contribution in [2.75, 3.05) is 0 Å². The lowest BCUT2D eigenvalue weighted by Crippen LogP contribution is -1.86. The molecule has 2 rings (SSSR count). The lowest BCUT2D eigenvalue weighted by Gasteiger charge is -2.04. The van der Waals surface area contributed by atoms with Crippen molar-refractivity contribution in [3.05, 3.63) is 45.4 Å². The second kappa shape index (κ2) is 4.07. The number of rotatable bonds is 1. The molecule has 0 unspecified atom stereocenters. The number of fused-ring (bicyclic) bond motifs is 1. The highest BCUT2D eigenvalue weighted by Gasteiger charge is 2.11. The first-order valence-electron chi connectivity index (χ1n) is 4.31. The number of benzene rings is 1. The molecule has 0 spiro atoms. The van der Waals surface area contributed by atoms with Gasteiger partial charge in [0.05, 0.1) is 16.8 Å². The summed E-state index contributed by atoms with van der Waals surface area (Å²) in [7, 11) is 0. The van der Waals surface area contributed by atoms with Crippen LogP contribution < -0.4 is 0 Å². The van der Waals surface area contributed by atoms with Gasteiger partial charge >= 0.3 is 0 Å². The molecule has 5 nitrogen and oxygen atoms in total. The molecule has 6 heteroatoms. The molecule has 0 bridgehead atoms. The van der Waals surface area contributed by atoms with Crippen molar-refractivity contribution in [1.29, 1.82) is 5.26 Å². The number of para-hydroxylation sites is 1. The molecular weight excluding hydrogens is 226 g/mol. The molecule has 0 aliphatic carbocycles. The fourth-order valence-electron chi connectivity index (χ4n) is 1.41. The SMILES string of the molecule is N#Cc1c(Cl)nc2ccccc2c1N=[N+]=[N-]. The predicted molar refractivity (Wildman–Crippen MR) is 60.3 cm³/mol. The molecule has 0 aliphatic heterocycles. The van der Waals surface area contributed by atoms with E-state index in [1.807, 2.05) is 6.07 Å². The minimum absolute atomic E-state index is 0.0450. The third-order valence-electron chi connectivity index (χ3n) is 2.08. The molecular formula is C10H4ClN5. The third-order valence-corrected chi connectivity index (χ3v) is 2.35. The summed E-state index contributed by atoms with van der Waals surface area (Å²) in [5, 5.41) is 13.1. The lowest BCUT2D eigenvalue weighted by molar-refractivity contribution is 1.34. The maximum atomic E-state index is 8.93. The van der Waals surface area contributed by atoms with E-state index in [1.54, 1.807) is 24.3 Å². The van der Waals surface area contributed by atoms with Crippen molar-refractivity contribution < 1.29 is 0 Å². The van der Waals surface area contributed by atoms with Crippen LogP contribution in [0.5, 0.6) is 0 Å². The molecule has 2 aromatic rings. The number of halogens is 1. The fraction of sp³-hybridized carbons (Fsp3) is 0. The molecule has 0 aliphatic rings. The van der Waals surface area contributed by atoms with E-state index in [1.165, 1.54) is 0 Å². The molecule has 16 heavy (non-hydrogen) atoms. The van der Waals surface area contributed by atoms with E-state index in [-0.39, 0.29) is 16.4 Å². The van der Waals surface area contributed by atoms with E-state index in [4.69, 9.17) is 22.4 Å². The zero-order valence-electron chi connectivity index (χ0n) is 7.92. The molecule has 76 valence electrons. The van der Waals surface area contributed by atoms with Crippen molar-refractivity contribution in [3.8, 4) is 6.07 Å². The molecule has 1 heterocycles. The van der Waals surface area contributed by atoms with Gasteiger partial charge in [-0.05, 0) is 11.6 Å². The largest absolute Gasteiger partial charge is 0.235 e. The van der Waals surface area contributed by atoms with E-state index >= 15 is 0 Å². The van der Waals surface area contributed by atoms with Gasteiger partial charge in [0.2, 0.25) is 0 Å². The maximum Gasteiger partial charge on any atom is 0.147 e. The summed E-state index contributed by atoms with van der Waals surface area (Å²) < 4.78 is 0. The smallest absolute Gasteiger partial charge is 0.147 e. The van der Waals surface area contributed by atoms with Gasteiger partial charge in [0.15, 0.2) is 0 Å². The second-order valence-corrected chi connectivity index (χ2v) is 3.30. The zero-order chi connectivity index (χ0) is 11.5. The monoisotopic (exact) mass is 229 g/mol. The summed E-state index contributed by atoms with van der Waals surface area (Å²) in [5.74, 6) is 0. The Morgan fingerprint density at radius 2 is 2.19 bits per heavy atom. The van der Waals surface area contributed by atoms with Crippen molar-refractivity contribution >= 4 is 28.2 Å². The van der Waals surface area contributed by atoms with Crippen LogP contribution in [0.1, 0.15) is 5.56 Å². The topological polar surface area (TPSA) is 85.4 Å². The van der Waals surface area contributed by atoms with Crippen molar-refractivity contribution in [2.24, 2.45) is 5.11 Å². The molecule has 0 N–H and O–H groups in total. The van der Waals surface area contributed by atoms with Crippen LogP contribution in [-0.2, 0) is 0 Å². The van der Waals surface area contributed by atoms with E-state index in [0.29, 0.717) is 10.9 Å². The fourth-order valence-corrected chi connectivity index (χ4v) is 1.64. The Labute approximate surface area is 95.5 Å². The van der Waals surface area contributed by atoms with Gasteiger partial charge in [0.25, 0.3) is 0 Å². The highest BCUT2D eigenvalue weighted by Crippen LogP contribution is 2.32.